The topological polar surface area (TPSA) is 59.1 Å². The minimum Gasteiger partial charge on any atom is -0.399 e. The second-order valence-corrected chi connectivity index (χ2v) is 5.68. The van der Waals surface area contributed by atoms with Crippen molar-refractivity contribution in [3.63, 3.8) is 0 Å². The number of nitrogens with zero attached hydrogens (tertiary/aromatic N) is 1. The molecular formula is C17H20N2O. The number of aliphatic hydroxyl groups is 1. The monoisotopic (exact) mass is 268 g/mol. The van der Waals surface area contributed by atoms with E-state index in [1.807, 2.05) is 42.5 Å². The lowest BCUT2D eigenvalue weighted by atomic mass is 9.84. The van der Waals surface area contributed by atoms with Crippen LogP contribution in [-0.4, -0.2) is 10.1 Å². The second-order valence-electron chi connectivity index (χ2n) is 5.68. The highest BCUT2D eigenvalue weighted by molar-refractivity contribution is 5.45. The molecule has 2 aromatic rings. The molecule has 0 bridgehead atoms. The minimum atomic E-state index is -1.04. The average Bonchev–Trinajstić information content (AvgIpc) is 3.30. The molecule has 1 aromatic heterocycles. The van der Waals surface area contributed by atoms with Crippen LogP contribution < -0.4 is 5.73 Å². The quantitative estimate of drug-likeness (QED) is 0.819. The molecule has 1 heterocycles. The van der Waals surface area contributed by atoms with Crippen LogP contribution in [0.3, 0.4) is 0 Å². The molecule has 3 nitrogen and oxygen atoms in total. The predicted molar refractivity (Wildman–Crippen MR) is 80.0 cm³/mol. The van der Waals surface area contributed by atoms with E-state index < -0.39 is 5.60 Å². The first-order chi connectivity index (χ1) is 9.68. The van der Waals surface area contributed by atoms with Gasteiger partial charge in [-0.15, -0.1) is 0 Å². The van der Waals surface area contributed by atoms with Gasteiger partial charge in [-0.05, 0) is 48.6 Å². The number of anilines is 1. The van der Waals surface area contributed by atoms with Gasteiger partial charge in [-0.25, -0.2) is 0 Å². The van der Waals surface area contributed by atoms with Crippen molar-refractivity contribution in [1.82, 2.24) is 4.98 Å². The highest BCUT2D eigenvalue weighted by Crippen LogP contribution is 2.40. The molecular weight excluding hydrogens is 248 g/mol. The Morgan fingerprint density at radius 2 is 2.05 bits per heavy atom. The summed E-state index contributed by atoms with van der Waals surface area (Å²) >= 11 is 0. The number of hydrogen-bond acceptors (Lipinski definition) is 3. The van der Waals surface area contributed by atoms with Gasteiger partial charge in [-0.2, -0.15) is 0 Å². The van der Waals surface area contributed by atoms with Crippen LogP contribution in [0.2, 0.25) is 0 Å². The Bertz CT molecular complexity index is 581. The van der Waals surface area contributed by atoms with E-state index in [0.717, 1.165) is 17.9 Å². The van der Waals surface area contributed by atoms with Crippen molar-refractivity contribution in [2.24, 2.45) is 5.92 Å². The Kier molecular flexibility index (Phi) is 3.45. The van der Waals surface area contributed by atoms with E-state index in [1.54, 1.807) is 6.20 Å². The highest BCUT2D eigenvalue weighted by Gasteiger charge is 2.35. The van der Waals surface area contributed by atoms with Crippen LogP contribution in [0.15, 0.2) is 48.7 Å². The fraction of sp³-hybridized carbons (Fsp3) is 0.353. The maximum Gasteiger partial charge on any atom is 0.131 e. The van der Waals surface area contributed by atoms with Gasteiger partial charge in [0.05, 0.1) is 5.69 Å². The lowest BCUT2D eigenvalue weighted by Crippen LogP contribution is -2.28. The SMILES string of the molecule is Nc1cccc(C(O)(CCC2CC2)c2ccccn2)c1. The van der Waals surface area contributed by atoms with Crippen molar-refractivity contribution in [3.8, 4) is 0 Å². The van der Waals surface area contributed by atoms with Crippen molar-refractivity contribution in [1.29, 1.82) is 0 Å². The van der Waals surface area contributed by atoms with E-state index in [-0.39, 0.29) is 0 Å². The summed E-state index contributed by atoms with van der Waals surface area (Å²) < 4.78 is 0. The standard InChI is InChI=1S/C17H20N2O/c18-15-5-3-4-14(12-15)17(20,10-9-13-7-8-13)16-6-1-2-11-19-16/h1-6,11-13,20H,7-10,18H2. The van der Waals surface area contributed by atoms with Crippen molar-refractivity contribution >= 4 is 5.69 Å². The first kappa shape index (κ1) is 13.1. The minimum absolute atomic E-state index is 0.670. The van der Waals surface area contributed by atoms with E-state index in [1.165, 1.54) is 12.8 Å². The van der Waals surface area contributed by atoms with Crippen molar-refractivity contribution in [3.05, 3.63) is 59.9 Å². The molecule has 0 aliphatic heterocycles. The van der Waals surface area contributed by atoms with Crippen molar-refractivity contribution in [2.45, 2.75) is 31.3 Å². The Balaban J connectivity index is 1.97. The number of benzene rings is 1. The molecule has 1 aliphatic rings. The summed E-state index contributed by atoms with van der Waals surface area (Å²) in [6.07, 6.45) is 6.02. The zero-order valence-electron chi connectivity index (χ0n) is 11.5. The number of nitrogens with two attached hydrogens (primary N) is 1. The van der Waals surface area contributed by atoms with Gasteiger partial charge in [-0.1, -0.05) is 31.0 Å². The molecule has 3 N–H and O–H groups in total. The highest BCUT2D eigenvalue weighted by atomic mass is 16.3. The van der Waals surface area contributed by atoms with Gasteiger partial charge in [-0.3, -0.25) is 4.98 Å². The molecule has 3 rings (SSSR count). The molecule has 1 unspecified atom stereocenters. The van der Waals surface area contributed by atoms with Crippen LogP contribution in [0.25, 0.3) is 0 Å². The fourth-order valence-corrected chi connectivity index (χ4v) is 2.64. The van der Waals surface area contributed by atoms with Gasteiger partial charge in [0.2, 0.25) is 0 Å². The van der Waals surface area contributed by atoms with Gasteiger partial charge >= 0.3 is 0 Å². The van der Waals surface area contributed by atoms with Crippen molar-refractivity contribution < 1.29 is 5.11 Å². The number of nitrogen functional groups attached to an aromatic ring is 1. The summed E-state index contributed by atoms with van der Waals surface area (Å²) in [4.78, 5) is 4.36. The van der Waals surface area contributed by atoms with E-state index >= 15 is 0 Å². The van der Waals surface area contributed by atoms with Crippen LogP contribution in [0.5, 0.6) is 0 Å². The lowest BCUT2D eigenvalue weighted by molar-refractivity contribution is 0.0625. The molecule has 0 amide bonds. The third kappa shape index (κ3) is 2.68. The fourth-order valence-electron chi connectivity index (χ4n) is 2.64. The zero-order chi connectivity index (χ0) is 14.0. The van der Waals surface area contributed by atoms with Gasteiger partial charge in [0.25, 0.3) is 0 Å². The smallest absolute Gasteiger partial charge is 0.131 e. The largest absolute Gasteiger partial charge is 0.399 e. The van der Waals surface area contributed by atoms with Gasteiger partial charge in [0.1, 0.15) is 5.60 Å². The Morgan fingerprint density at radius 3 is 2.70 bits per heavy atom. The summed E-state index contributed by atoms with van der Waals surface area (Å²) in [5, 5.41) is 11.2. The molecule has 20 heavy (non-hydrogen) atoms. The Hall–Kier alpha value is -1.87. The Morgan fingerprint density at radius 1 is 1.20 bits per heavy atom. The molecule has 3 heteroatoms. The normalized spacial score (nSPS) is 17.6. The summed E-state index contributed by atoms with van der Waals surface area (Å²) in [6.45, 7) is 0. The zero-order valence-corrected chi connectivity index (χ0v) is 11.5. The van der Waals surface area contributed by atoms with Crippen LogP contribution >= 0.6 is 0 Å². The van der Waals surface area contributed by atoms with Gasteiger partial charge < -0.3 is 10.8 Å². The van der Waals surface area contributed by atoms with Crippen LogP contribution in [-0.2, 0) is 5.60 Å². The van der Waals surface area contributed by atoms with E-state index in [9.17, 15) is 5.11 Å². The first-order valence-corrected chi connectivity index (χ1v) is 7.18. The third-order valence-electron chi connectivity index (χ3n) is 4.06. The van der Waals surface area contributed by atoms with Gasteiger partial charge in [0.15, 0.2) is 0 Å². The molecule has 1 atom stereocenters. The number of pyridine rings is 1. The van der Waals surface area contributed by atoms with Crippen LogP contribution in [0, 0.1) is 5.92 Å². The van der Waals surface area contributed by atoms with E-state index in [2.05, 4.69) is 4.98 Å². The number of hydrogen-bond donors (Lipinski definition) is 2. The predicted octanol–water partition coefficient (Wildman–Crippen LogP) is 3.09. The summed E-state index contributed by atoms with van der Waals surface area (Å²) in [5.74, 6) is 0.770. The second kappa shape index (κ2) is 5.25. The lowest BCUT2D eigenvalue weighted by Gasteiger charge is -2.28. The molecule has 104 valence electrons. The third-order valence-corrected chi connectivity index (χ3v) is 4.06. The van der Waals surface area contributed by atoms with Crippen molar-refractivity contribution in [2.75, 3.05) is 5.73 Å². The maximum absolute atomic E-state index is 11.2. The van der Waals surface area contributed by atoms with E-state index in [4.69, 9.17) is 5.73 Å². The molecule has 1 fully saturated rings. The molecule has 0 radical (unpaired) electrons. The van der Waals surface area contributed by atoms with E-state index in [0.29, 0.717) is 17.8 Å². The molecule has 0 spiro atoms. The maximum atomic E-state index is 11.2. The Labute approximate surface area is 119 Å². The number of rotatable bonds is 5. The molecule has 1 aliphatic carbocycles. The number of aromatic nitrogens is 1. The molecule has 0 saturated heterocycles. The average molecular weight is 268 g/mol. The summed E-state index contributed by atoms with van der Waals surface area (Å²) in [6, 6.07) is 13.2. The first-order valence-electron chi connectivity index (χ1n) is 7.18. The molecule has 1 aromatic carbocycles. The van der Waals surface area contributed by atoms with Crippen LogP contribution in [0.1, 0.15) is 36.9 Å². The van der Waals surface area contributed by atoms with Gasteiger partial charge in [0, 0.05) is 11.9 Å². The summed E-state index contributed by atoms with van der Waals surface area (Å²) in [7, 11) is 0. The summed E-state index contributed by atoms with van der Waals surface area (Å²) in [5.41, 5.74) is 7.03. The molecule has 1 saturated carbocycles. The van der Waals surface area contributed by atoms with Crippen LogP contribution in [0.4, 0.5) is 5.69 Å².